The number of aryl methyl sites for hydroxylation is 1. The molecule has 0 aliphatic carbocycles. The smallest absolute Gasteiger partial charge is 0.322 e. The summed E-state index contributed by atoms with van der Waals surface area (Å²) in [5.41, 5.74) is 3.11. The molecule has 1 unspecified atom stereocenters. The Balaban J connectivity index is 1.81. The van der Waals surface area contributed by atoms with Gasteiger partial charge in [0.05, 0.1) is 18.2 Å². The molecule has 3 amide bonds. The highest BCUT2D eigenvalue weighted by molar-refractivity contribution is 6.04. The minimum absolute atomic E-state index is 0.155. The second-order valence-electron chi connectivity index (χ2n) is 5.53. The number of carbonyl (C=O) groups excluding carboxylic acids is 2. The predicted octanol–water partition coefficient (Wildman–Crippen LogP) is 2.66. The Morgan fingerprint density at radius 2 is 1.91 bits per heavy atom. The number of amides is 3. The van der Waals surface area contributed by atoms with Gasteiger partial charge in [-0.15, -0.1) is 0 Å². The number of urea groups is 1. The molecular formula is C18H15N3O2. The third-order valence-corrected chi connectivity index (χ3v) is 3.83. The van der Waals surface area contributed by atoms with Gasteiger partial charge in [0.15, 0.2) is 0 Å². The van der Waals surface area contributed by atoms with Crippen molar-refractivity contribution in [3.8, 4) is 6.07 Å². The minimum atomic E-state index is -0.651. The first-order valence-corrected chi connectivity index (χ1v) is 7.26. The third-order valence-electron chi connectivity index (χ3n) is 3.83. The molecule has 3 rings (SSSR count). The zero-order valence-corrected chi connectivity index (χ0v) is 12.6. The predicted molar refractivity (Wildman–Crippen MR) is 84.2 cm³/mol. The average Bonchev–Trinajstić information content (AvgIpc) is 2.84. The summed E-state index contributed by atoms with van der Waals surface area (Å²) >= 11 is 0. The van der Waals surface area contributed by atoms with E-state index in [4.69, 9.17) is 5.26 Å². The number of carbonyl (C=O) groups is 2. The van der Waals surface area contributed by atoms with Crippen molar-refractivity contribution in [2.75, 3.05) is 0 Å². The molecule has 1 fully saturated rings. The number of hydrogen-bond donors (Lipinski definition) is 1. The van der Waals surface area contributed by atoms with Gasteiger partial charge in [0, 0.05) is 0 Å². The van der Waals surface area contributed by atoms with Crippen molar-refractivity contribution in [2.45, 2.75) is 19.5 Å². The lowest BCUT2D eigenvalue weighted by Crippen LogP contribution is -2.30. The Morgan fingerprint density at radius 3 is 2.61 bits per heavy atom. The van der Waals surface area contributed by atoms with Gasteiger partial charge in [0.1, 0.15) is 6.04 Å². The Bertz CT molecular complexity index is 806. The van der Waals surface area contributed by atoms with Crippen LogP contribution in [-0.4, -0.2) is 16.8 Å². The van der Waals surface area contributed by atoms with Crippen molar-refractivity contribution < 1.29 is 9.59 Å². The van der Waals surface area contributed by atoms with Gasteiger partial charge in [-0.1, -0.05) is 42.0 Å². The average molecular weight is 305 g/mol. The highest BCUT2D eigenvalue weighted by Crippen LogP contribution is 2.24. The fourth-order valence-corrected chi connectivity index (χ4v) is 2.58. The SMILES string of the molecule is Cc1ccc(C2NC(=O)N(Cc3cccc(C#N)c3)C2=O)cc1. The van der Waals surface area contributed by atoms with Gasteiger partial charge < -0.3 is 5.32 Å². The van der Waals surface area contributed by atoms with Gasteiger partial charge >= 0.3 is 6.03 Å². The lowest BCUT2D eigenvalue weighted by atomic mass is 10.1. The Labute approximate surface area is 134 Å². The molecule has 5 nitrogen and oxygen atoms in total. The second-order valence-corrected chi connectivity index (χ2v) is 5.53. The van der Waals surface area contributed by atoms with Crippen LogP contribution in [0.25, 0.3) is 0 Å². The first-order valence-electron chi connectivity index (χ1n) is 7.26. The van der Waals surface area contributed by atoms with Crippen molar-refractivity contribution >= 4 is 11.9 Å². The number of nitrogens with one attached hydrogen (secondary N) is 1. The maximum atomic E-state index is 12.5. The van der Waals surface area contributed by atoms with Crippen LogP contribution in [0.2, 0.25) is 0 Å². The molecule has 0 radical (unpaired) electrons. The fourth-order valence-electron chi connectivity index (χ4n) is 2.58. The first-order chi connectivity index (χ1) is 11.1. The van der Waals surface area contributed by atoms with E-state index in [2.05, 4.69) is 11.4 Å². The molecule has 1 saturated heterocycles. The van der Waals surface area contributed by atoms with Crippen molar-refractivity contribution in [1.82, 2.24) is 10.2 Å². The van der Waals surface area contributed by atoms with E-state index in [-0.39, 0.29) is 12.5 Å². The van der Waals surface area contributed by atoms with E-state index in [0.29, 0.717) is 5.56 Å². The highest BCUT2D eigenvalue weighted by Gasteiger charge is 2.38. The van der Waals surface area contributed by atoms with E-state index in [1.165, 1.54) is 4.90 Å². The number of nitrogens with zero attached hydrogens (tertiary/aromatic N) is 2. The molecule has 5 heteroatoms. The summed E-state index contributed by atoms with van der Waals surface area (Å²) in [6, 6.07) is 15.4. The molecule has 1 aliphatic rings. The number of rotatable bonds is 3. The van der Waals surface area contributed by atoms with E-state index in [9.17, 15) is 9.59 Å². The van der Waals surface area contributed by atoms with Crippen molar-refractivity contribution in [3.05, 3.63) is 70.8 Å². The fraction of sp³-hybridized carbons (Fsp3) is 0.167. The molecule has 23 heavy (non-hydrogen) atoms. The van der Waals surface area contributed by atoms with Gasteiger partial charge in [-0.2, -0.15) is 5.26 Å². The molecular weight excluding hydrogens is 290 g/mol. The van der Waals surface area contributed by atoms with E-state index >= 15 is 0 Å². The van der Waals surface area contributed by atoms with Crippen LogP contribution in [0.5, 0.6) is 0 Å². The molecule has 2 aromatic carbocycles. The summed E-state index contributed by atoms with van der Waals surface area (Å²) in [4.78, 5) is 25.8. The van der Waals surface area contributed by atoms with E-state index < -0.39 is 12.1 Å². The number of hydrogen-bond acceptors (Lipinski definition) is 3. The molecule has 0 saturated carbocycles. The zero-order valence-electron chi connectivity index (χ0n) is 12.6. The molecule has 1 N–H and O–H groups in total. The lowest BCUT2D eigenvalue weighted by molar-refractivity contribution is -0.128. The molecule has 1 atom stereocenters. The van der Waals surface area contributed by atoms with E-state index in [1.54, 1.807) is 24.3 Å². The molecule has 0 spiro atoms. The molecule has 2 aromatic rings. The Kier molecular flexibility index (Phi) is 3.82. The van der Waals surface area contributed by atoms with Gasteiger partial charge in [0.2, 0.25) is 0 Å². The van der Waals surface area contributed by atoms with Crippen LogP contribution in [0.1, 0.15) is 28.3 Å². The standard InChI is InChI=1S/C18H15N3O2/c1-12-5-7-15(8-6-12)16-17(22)21(18(23)20-16)11-14-4-2-3-13(9-14)10-19/h2-9,16H,11H2,1H3,(H,20,23). The van der Waals surface area contributed by atoms with Crippen LogP contribution in [0, 0.1) is 18.3 Å². The maximum Gasteiger partial charge on any atom is 0.325 e. The van der Waals surface area contributed by atoms with Crippen molar-refractivity contribution in [3.63, 3.8) is 0 Å². The summed E-state index contributed by atoms with van der Waals surface area (Å²) in [6.45, 7) is 2.12. The van der Waals surface area contributed by atoms with Crippen LogP contribution in [0.4, 0.5) is 4.79 Å². The molecule has 114 valence electrons. The quantitative estimate of drug-likeness (QED) is 0.886. The molecule has 0 bridgehead atoms. The van der Waals surface area contributed by atoms with Crippen LogP contribution in [-0.2, 0) is 11.3 Å². The van der Waals surface area contributed by atoms with Crippen LogP contribution >= 0.6 is 0 Å². The van der Waals surface area contributed by atoms with Gasteiger partial charge in [0.25, 0.3) is 5.91 Å². The van der Waals surface area contributed by atoms with Crippen LogP contribution < -0.4 is 5.32 Å². The Morgan fingerprint density at radius 1 is 1.17 bits per heavy atom. The number of nitriles is 1. The molecule has 1 heterocycles. The number of imide groups is 1. The largest absolute Gasteiger partial charge is 0.325 e. The van der Waals surface area contributed by atoms with Gasteiger partial charge in [-0.3, -0.25) is 9.69 Å². The highest BCUT2D eigenvalue weighted by atomic mass is 16.2. The van der Waals surface area contributed by atoms with E-state index in [0.717, 1.165) is 16.7 Å². The first kappa shape index (κ1) is 14.8. The van der Waals surface area contributed by atoms with Crippen LogP contribution in [0.3, 0.4) is 0 Å². The van der Waals surface area contributed by atoms with Crippen molar-refractivity contribution in [1.29, 1.82) is 5.26 Å². The van der Waals surface area contributed by atoms with Gasteiger partial charge in [-0.25, -0.2) is 4.79 Å². The summed E-state index contributed by atoms with van der Waals surface area (Å²) in [7, 11) is 0. The van der Waals surface area contributed by atoms with Crippen molar-refractivity contribution in [2.24, 2.45) is 0 Å². The molecule has 0 aromatic heterocycles. The second kappa shape index (κ2) is 5.93. The zero-order chi connectivity index (χ0) is 16.4. The van der Waals surface area contributed by atoms with Crippen LogP contribution in [0.15, 0.2) is 48.5 Å². The third kappa shape index (κ3) is 2.92. The lowest BCUT2D eigenvalue weighted by Gasteiger charge is -2.13. The van der Waals surface area contributed by atoms with E-state index in [1.807, 2.05) is 31.2 Å². The topological polar surface area (TPSA) is 73.2 Å². The summed E-state index contributed by atoms with van der Waals surface area (Å²) in [5, 5.41) is 11.6. The minimum Gasteiger partial charge on any atom is -0.322 e. The summed E-state index contributed by atoms with van der Waals surface area (Å²) in [6.07, 6.45) is 0. The normalized spacial score (nSPS) is 17.0. The maximum absolute atomic E-state index is 12.5. The summed E-state index contributed by atoms with van der Waals surface area (Å²) in [5.74, 6) is -0.277. The molecule has 1 aliphatic heterocycles. The van der Waals surface area contributed by atoms with Gasteiger partial charge in [-0.05, 0) is 30.2 Å². The summed E-state index contributed by atoms with van der Waals surface area (Å²) < 4.78 is 0. The monoisotopic (exact) mass is 305 g/mol. The Hall–Kier alpha value is -3.13. The number of benzene rings is 2.